The van der Waals surface area contributed by atoms with Gasteiger partial charge in [-0.1, -0.05) is 0 Å². The Morgan fingerprint density at radius 3 is 2.57 bits per heavy atom. The Bertz CT molecular complexity index is 1210. The fraction of sp³-hybridized carbons (Fsp3) is 0.300. The summed E-state index contributed by atoms with van der Waals surface area (Å²) in [5.74, 6) is 0.626. The molecule has 0 fully saturated rings. The Kier molecular flexibility index (Phi) is 4.64. The number of pyridine rings is 1. The average Bonchev–Trinajstić information content (AvgIpc) is 3.02. The molecule has 3 aromatic heterocycles. The van der Waals surface area contributed by atoms with Gasteiger partial charge < -0.3 is 9.47 Å². The summed E-state index contributed by atoms with van der Waals surface area (Å²) in [6, 6.07) is 7.85. The summed E-state index contributed by atoms with van der Waals surface area (Å²) >= 11 is 0. The molecule has 28 heavy (non-hydrogen) atoms. The molecule has 0 aliphatic heterocycles. The summed E-state index contributed by atoms with van der Waals surface area (Å²) in [6.07, 6.45) is 2.61. The van der Waals surface area contributed by atoms with Gasteiger partial charge in [0.1, 0.15) is 11.6 Å². The van der Waals surface area contributed by atoms with E-state index in [1.807, 2.05) is 20.2 Å². The number of halogens is 1. The second kappa shape index (κ2) is 7.12. The predicted octanol–water partition coefficient (Wildman–Crippen LogP) is 2.51. The third kappa shape index (κ3) is 3.27. The molecular formula is C20H21FN6O. The fourth-order valence-electron chi connectivity index (χ4n) is 3.33. The Morgan fingerprint density at radius 2 is 1.86 bits per heavy atom. The lowest BCUT2D eigenvalue weighted by atomic mass is 10.1. The van der Waals surface area contributed by atoms with Crippen LogP contribution in [0.1, 0.15) is 12.2 Å². The highest BCUT2D eigenvalue weighted by Crippen LogP contribution is 2.26. The third-order valence-corrected chi connectivity index (χ3v) is 4.63. The first-order valence-corrected chi connectivity index (χ1v) is 9.11. The number of rotatable bonds is 5. The molecule has 0 amide bonds. The molecule has 7 nitrogen and oxygen atoms in total. The van der Waals surface area contributed by atoms with E-state index in [1.165, 1.54) is 12.1 Å². The minimum atomic E-state index is -0.339. The Balaban J connectivity index is 1.98. The van der Waals surface area contributed by atoms with Crippen LogP contribution in [0.4, 0.5) is 4.39 Å². The number of hydrogen-bond acceptors (Lipinski definition) is 5. The molecule has 3 heterocycles. The molecule has 0 N–H and O–H groups in total. The van der Waals surface area contributed by atoms with Gasteiger partial charge in [-0.3, -0.25) is 4.79 Å². The lowest BCUT2D eigenvalue weighted by molar-refractivity contribution is 0.385. The van der Waals surface area contributed by atoms with Crippen molar-refractivity contribution in [1.29, 1.82) is 0 Å². The van der Waals surface area contributed by atoms with Crippen molar-refractivity contribution < 1.29 is 4.39 Å². The van der Waals surface area contributed by atoms with E-state index in [9.17, 15) is 9.18 Å². The van der Waals surface area contributed by atoms with Crippen LogP contribution in [0.3, 0.4) is 0 Å². The highest BCUT2D eigenvalue weighted by molar-refractivity contribution is 5.93. The maximum atomic E-state index is 13.5. The van der Waals surface area contributed by atoms with Gasteiger partial charge in [0, 0.05) is 18.3 Å². The molecule has 1 aromatic carbocycles. The fourth-order valence-corrected chi connectivity index (χ4v) is 3.33. The van der Waals surface area contributed by atoms with Crippen molar-refractivity contribution in [2.45, 2.75) is 19.9 Å². The largest absolute Gasteiger partial charge is 0.315 e. The number of nitrogens with zero attached hydrogens (tertiary/aromatic N) is 6. The van der Waals surface area contributed by atoms with Crippen molar-refractivity contribution in [2.75, 3.05) is 20.6 Å². The number of aryl methyl sites for hydroxylation is 2. The van der Waals surface area contributed by atoms with Crippen LogP contribution in [0, 0.1) is 12.7 Å². The van der Waals surface area contributed by atoms with Crippen LogP contribution in [0.25, 0.3) is 27.9 Å². The van der Waals surface area contributed by atoms with Crippen LogP contribution >= 0.6 is 0 Å². The van der Waals surface area contributed by atoms with E-state index in [-0.39, 0.29) is 11.4 Å². The minimum Gasteiger partial charge on any atom is -0.315 e. The maximum absolute atomic E-state index is 13.5. The van der Waals surface area contributed by atoms with E-state index >= 15 is 0 Å². The monoisotopic (exact) mass is 380 g/mol. The van der Waals surface area contributed by atoms with Crippen LogP contribution in [-0.4, -0.2) is 49.7 Å². The molecule has 0 spiro atoms. The van der Waals surface area contributed by atoms with E-state index in [0.29, 0.717) is 40.3 Å². The van der Waals surface area contributed by atoms with Gasteiger partial charge in [0.15, 0.2) is 0 Å². The molecule has 0 saturated heterocycles. The molecule has 0 unspecified atom stereocenters. The van der Waals surface area contributed by atoms with Crippen molar-refractivity contribution in [3.05, 3.63) is 58.5 Å². The average molecular weight is 380 g/mol. The SMILES string of the molecule is Cc1nc2nc3ccn(CCCN(C)C)c(=O)c3c(-c3ccc(F)cc3)n2n1. The standard InChI is InChI=1S/C20H21FN6O/c1-13-22-20-23-16-9-12-26(11-4-10-25(2)3)19(28)17(16)18(27(20)24-13)14-5-7-15(21)8-6-14/h5-9,12H,4,10-11H2,1-3H3. The summed E-state index contributed by atoms with van der Waals surface area (Å²) in [5.41, 5.74) is 1.67. The van der Waals surface area contributed by atoms with Crippen molar-refractivity contribution in [3.8, 4) is 11.3 Å². The molecule has 0 saturated carbocycles. The van der Waals surface area contributed by atoms with Crippen LogP contribution < -0.4 is 5.56 Å². The Labute approximate surface area is 161 Å². The van der Waals surface area contributed by atoms with Gasteiger partial charge in [-0.05, 0) is 64.3 Å². The molecule has 4 rings (SSSR count). The molecule has 144 valence electrons. The summed E-state index contributed by atoms with van der Waals surface area (Å²) in [7, 11) is 4.01. The highest BCUT2D eigenvalue weighted by Gasteiger charge is 2.18. The number of aromatic nitrogens is 5. The zero-order valence-electron chi connectivity index (χ0n) is 16.1. The van der Waals surface area contributed by atoms with Crippen molar-refractivity contribution in [1.82, 2.24) is 29.0 Å². The highest BCUT2D eigenvalue weighted by atomic mass is 19.1. The van der Waals surface area contributed by atoms with Crippen LogP contribution in [0.15, 0.2) is 41.3 Å². The number of hydrogen-bond donors (Lipinski definition) is 0. The molecule has 0 bridgehead atoms. The third-order valence-electron chi connectivity index (χ3n) is 4.63. The van der Waals surface area contributed by atoms with E-state index < -0.39 is 0 Å². The van der Waals surface area contributed by atoms with E-state index in [2.05, 4.69) is 20.0 Å². The normalized spacial score (nSPS) is 11.8. The first kappa shape index (κ1) is 18.2. The van der Waals surface area contributed by atoms with Gasteiger partial charge in [0.05, 0.1) is 16.6 Å². The van der Waals surface area contributed by atoms with Crippen LogP contribution in [0.2, 0.25) is 0 Å². The van der Waals surface area contributed by atoms with Gasteiger partial charge in [0.2, 0.25) is 0 Å². The minimum absolute atomic E-state index is 0.141. The van der Waals surface area contributed by atoms with Crippen molar-refractivity contribution in [3.63, 3.8) is 0 Å². The molecule has 4 aromatic rings. The summed E-state index contributed by atoms with van der Waals surface area (Å²) in [6.45, 7) is 3.26. The second-order valence-electron chi connectivity index (χ2n) is 7.07. The van der Waals surface area contributed by atoms with Gasteiger partial charge >= 0.3 is 0 Å². The van der Waals surface area contributed by atoms with E-state index in [0.717, 1.165) is 13.0 Å². The van der Waals surface area contributed by atoms with Crippen molar-refractivity contribution >= 4 is 16.7 Å². The first-order valence-electron chi connectivity index (χ1n) is 9.11. The van der Waals surface area contributed by atoms with E-state index in [1.54, 1.807) is 34.3 Å². The van der Waals surface area contributed by atoms with Gasteiger partial charge in [-0.2, -0.15) is 9.50 Å². The van der Waals surface area contributed by atoms with Crippen LogP contribution in [0.5, 0.6) is 0 Å². The summed E-state index contributed by atoms with van der Waals surface area (Å²) in [5, 5.41) is 4.87. The molecule has 0 aliphatic carbocycles. The molecule has 0 radical (unpaired) electrons. The van der Waals surface area contributed by atoms with Gasteiger partial charge in [0.25, 0.3) is 11.3 Å². The quantitative estimate of drug-likeness (QED) is 0.532. The lowest BCUT2D eigenvalue weighted by Gasteiger charge is -2.13. The van der Waals surface area contributed by atoms with E-state index in [4.69, 9.17) is 0 Å². The Hall–Kier alpha value is -3.13. The number of benzene rings is 1. The molecule has 8 heteroatoms. The van der Waals surface area contributed by atoms with Crippen LogP contribution in [-0.2, 0) is 6.54 Å². The molecule has 0 aliphatic rings. The summed E-state index contributed by atoms with van der Waals surface area (Å²) < 4.78 is 16.7. The molecule has 0 atom stereocenters. The molecular weight excluding hydrogens is 359 g/mol. The maximum Gasteiger partial charge on any atom is 0.262 e. The lowest BCUT2D eigenvalue weighted by Crippen LogP contribution is -2.23. The smallest absolute Gasteiger partial charge is 0.262 e. The Morgan fingerprint density at radius 1 is 1.11 bits per heavy atom. The number of fused-ring (bicyclic) bond motifs is 2. The predicted molar refractivity (Wildman–Crippen MR) is 106 cm³/mol. The first-order chi connectivity index (χ1) is 13.4. The zero-order chi connectivity index (χ0) is 19.8. The summed E-state index contributed by atoms with van der Waals surface area (Å²) in [4.78, 5) is 24.2. The van der Waals surface area contributed by atoms with Gasteiger partial charge in [-0.25, -0.2) is 9.37 Å². The second-order valence-corrected chi connectivity index (χ2v) is 7.07. The zero-order valence-corrected chi connectivity index (χ0v) is 16.1. The van der Waals surface area contributed by atoms with Gasteiger partial charge in [-0.15, -0.1) is 5.10 Å². The van der Waals surface area contributed by atoms with Crippen molar-refractivity contribution in [2.24, 2.45) is 0 Å². The topological polar surface area (TPSA) is 68.3 Å².